The number of unbranched alkanes of at least 4 members (excludes halogenated alkanes) is 1. The smallest absolute Gasteiger partial charge is 0.0807 e. The van der Waals surface area contributed by atoms with Gasteiger partial charge in [0.25, 0.3) is 0 Å². The Morgan fingerprint density at radius 1 is 1.33 bits per heavy atom. The van der Waals surface area contributed by atoms with Gasteiger partial charge >= 0.3 is 0 Å². The minimum atomic E-state index is 0.386. The van der Waals surface area contributed by atoms with Crippen LogP contribution in [0.3, 0.4) is 0 Å². The minimum absolute atomic E-state index is 0.386. The predicted molar refractivity (Wildman–Crippen MR) is 66.0 cm³/mol. The van der Waals surface area contributed by atoms with Crippen molar-refractivity contribution in [1.82, 2.24) is 0 Å². The van der Waals surface area contributed by atoms with Crippen molar-refractivity contribution < 1.29 is 4.74 Å². The van der Waals surface area contributed by atoms with Crippen molar-refractivity contribution in [1.29, 1.82) is 0 Å². The highest BCUT2D eigenvalue weighted by molar-refractivity contribution is 5.11. The van der Waals surface area contributed by atoms with E-state index in [0.29, 0.717) is 12.0 Å². The molecule has 88 valence electrons. The Balaban J connectivity index is 2.45. The zero-order chi connectivity index (χ0) is 11.1. The molecule has 1 aliphatic carbocycles. The molecule has 0 N–H and O–H groups in total. The van der Waals surface area contributed by atoms with Crippen LogP contribution in [0.5, 0.6) is 0 Å². The van der Waals surface area contributed by atoms with Gasteiger partial charge in [-0.15, -0.1) is 0 Å². The van der Waals surface area contributed by atoms with E-state index in [1.807, 2.05) is 0 Å². The van der Waals surface area contributed by atoms with Crippen molar-refractivity contribution in [3.63, 3.8) is 0 Å². The molecule has 0 aromatic carbocycles. The van der Waals surface area contributed by atoms with E-state index < -0.39 is 0 Å². The Morgan fingerprint density at radius 3 is 2.67 bits per heavy atom. The van der Waals surface area contributed by atoms with Crippen LogP contribution in [0, 0.1) is 5.92 Å². The fourth-order valence-corrected chi connectivity index (χ4v) is 2.20. The van der Waals surface area contributed by atoms with E-state index >= 15 is 0 Å². The lowest BCUT2D eigenvalue weighted by molar-refractivity contribution is 0.0423. The number of rotatable bonds is 6. The molecular formula is C14H26O. The summed E-state index contributed by atoms with van der Waals surface area (Å²) in [4.78, 5) is 0. The van der Waals surface area contributed by atoms with Crippen LogP contribution in [0.2, 0.25) is 0 Å². The Bertz CT molecular complexity index is 194. The standard InChI is InChI=1S/C14H26O/c1-4-5-11-15-14(12(2)3)13-9-7-6-8-10-13/h9,12,14H,4-8,10-11H2,1-3H3. The molecule has 0 spiro atoms. The van der Waals surface area contributed by atoms with E-state index in [1.165, 1.54) is 38.5 Å². The topological polar surface area (TPSA) is 9.23 Å². The third-order valence-electron chi connectivity index (χ3n) is 3.09. The van der Waals surface area contributed by atoms with Crippen LogP contribution in [0.15, 0.2) is 11.6 Å². The van der Waals surface area contributed by atoms with Gasteiger partial charge in [0.1, 0.15) is 0 Å². The average Bonchev–Trinajstić information content (AvgIpc) is 2.25. The molecule has 0 aromatic heterocycles. The van der Waals surface area contributed by atoms with E-state index in [2.05, 4.69) is 26.8 Å². The first kappa shape index (κ1) is 12.8. The third kappa shape index (κ3) is 4.38. The first-order valence-corrected chi connectivity index (χ1v) is 6.56. The van der Waals surface area contributed by atoms with Crippen LogP contribution in [-0.2, 0) is 4.74 Å². The number of allylic oxidation sites excluding steroid dienone is 1. The molecule has 1 nitrogen and oxygen atoms in total. The highest BCUT2D eigenvalue weighted by atomic mass is 16.5. The summed E-state index contributed by atoms with van der Waals surface area (Å²) in [5.41, 5.74) is 1.56. The van der Waals surface area contributed by atoms with Gasteiger partial charge in [0.05, 0.1) is 6.10 Å². The first-order valence-electron chi connectivity index (χ1n) is 6.56. The molecule has 1 aliphatic rings. The quantitative estimate of drug-likeness (QED) is 0.468. The fourth-order valence-electron chi connectivity index (χ4n) is 2.20. The Morgan fingerprint density at radius 2 is 2.13 bits per heavy atom. The number of hydrogen-bond acceptors (Lipinski definition) is 1. The summed E-state index contributed by atoms with van der Waals surface area (Å²) >= 11 is 0. The summed E-state index contributed by atoms with van der Waals surface area (Å²) in [5, 5.41) is 0. The Hall–Kier alpha value is -0.300. The predicted octanol–water partition coefficient (Wildman–Crippen LogP) is 4.33. The van der Waals surface area contributed by atoms with Crippen LogP contribution in [0.25, 0.3) is 0 Å². The van der Waals surface area contributed by atoms with Crippen molar-refractivity contribution >= 4 is 0 Å². The molecule has 1 rings (SSSR count). The van der Waals surface area contributed by atoms with Crippen LogP contribution >= 0.6 is 0 Å². The normalized spacial score (nSPS) is 19.1. The summed E-state index contributed by atoms with van der Waals surface area (Å²) in [7, 11) is 0. The highest BCUT2D eigenvalue weighted by Gasteiger charge is 2.19. The van der Waals surface area contributed by atoms with E-state index in [0.717, 1.165) is 6.61 Å². The van der Waals surface area contributed by atoms with Crippen molar-refractivity contribution in [3.05, 3.63) is 11.6 Å². The second kappa shape index (κ2) is 7.05. The van der Waals surface area contributed by atoms with Gasteiger partial charge in [0, 0.05) is 6.61 Å². The Labute approximate surface area is 94.9 Å². The van der Waals surface area contributed by atoms with E-state index in [9.17, 15) is 0 Å². The van der Waals surface area contributed by atoms with Gasteiger partial charge in [-0.1, -0.05) is 33.3 Å². The fraction of sp³-hybridized carbons (Fsp3) is 0.857. The van der Waals surface area contributed by atoms with Gasteiger partial charge in [-0.2, -0.15) is 0 Å². The van der Waals surface area contributed by atoms with E-state index in [-0.39, 0.29) is 0 Å². The SMILES string of the molecule is CCCCOC(C1=CCCCC1)C(C)C. The number of ether oxygens (including phenoxy) is 1. The molecule has 0 aromatic rings. The summed E-state index contributed by atoms with van der Waals surface area (Å²) in [6.45, 7) is 7.68. The second-order valence-corrected chi connectivity index (χ2v) is 4.91. The van der Waals surface area contributed by atoms with Gasteiger partial charge in [-0.05, 0) is 43.6 Å². The molecule has 0 radical (unpaired) electrons. The molecule has 0 saturated carbocycles. The van der Waals surface area contributed by atoms with Gasteiger partial charge in [0.2, 0.25) is 0 Å². The maximum Gasteiger partial charge on any atom is 0.0807 e. The van der Waals surface area contributed by atoms with Crippen molar-refractivity contribution in [2.24, 2.45) is 5.92 Å². The lowest BCUT2D eigenvalue weighted by Crippen LogP contribution is -2.24. The summed E-state index contributed by atoms with van der Waals surface area (Å²) in [6, 6.07) is 0. The second-order valence-electron chi connectivity index (χ2n) is 4.91. The van der Waals surface area contributed by atoms with E-state index in [1.54, 1.807) is 5.57 Å². The van der Waals surface area contributed by atoms with Crippen LogP contribution in [-0.4, -0.2) is 12.7 Å². The van der Waals surface area contributed by atoms with Crippen molar-refractivity contribution in [3.8, 4) is 0 Å². The summed E-state index contributed by atoms with van der Waals surface area (Å²) in [6.07, 6.45) is 10.5. The molecule has 1 atom stereocenters. The highest BCUT2D eigenvalue weighted by Crippen LogP contribution is 2.26. The monoisotopic (exact) mass is 210 g/mol. The summed E-state index contributed by atoms with van der Waals surface area (Å²) in [5.74, 6) is 0.617. The minimum Gasteiger partial charge on any atom is -0.374 e. The molecule has 15 heavy (non-hydrogen) atoms. The zero-order valence-electron chi connectivity index (χ0n) is 10.6. The average molecular weight is 210 g/mol. The van der Waals surface area contributed by atoms with Crippen LogP contribution < -0.4 is 0 Å². The molecule has 0 bridgehead atoms. The zero-order valence-corrected chi connectivity index (χ0v) is 10.6. The molecule has 0 amide bonds. The molecule has 0 heterocycles. The van der Waals surface area contributed by atoms with Crippen LogP contribution in [0.4, 0.5) is 0 Å². The van der Waals surface area contributed by atoms with Gasteiger partial charge in [-0.3, -0.25) is 0 Å². The molecule has 1 heteroatoms. The maximum absolute atomic E-state index is 6.02. The molecule has 1 unspecified atom stereocenters. The third-order valence-corrected chi connectivity index (χ3v) is 3.09. The van der Waals surface area contributed by atoms with Crippen molar-refractivity contribution in [2.45, 2.75) is 65.4 Å². The van der Waals surface area contributed by atoms with E-state index in [4.69, 9.17) is 4.74 Å². The lowest BCUT2D eigenvalue weighted by atomic mass is 9.90. The molecule has 0 saturated heterocycles. The molecule has 0 fully saturated rings. The van der Waals surface area contributed by atoms with Gasteiger partial charge in [-0.25, -0.2) is 0 Å². The maximum atomic E-state index is 6.02. The van der Waals surface area contributed by atoms with Crippen molar-refractivity contribution in [2.75, 3.05) is 6.61 Å². The van der Waals surface area contributed by atoms with Gasteiger partial charge < -0.3 is 4.74 Å². The first-order chi connectivity index (χ1) is 7.25. The summed E-state index contributed by atoms with van der Waals surface area (Å²) < 4.78 is 6.02. The van der Waals surface area contributed by atoms with Crippen LogP contribution in [0.1, 0.15) is 59.3 Å². The Kier molecular flexibility index (Phi) is 6.00. The molecule has 0 aliphatic heterocycles. The molecular weight excluding hydrogens is 184 g/mol. The largest absolute Gasteiger partial charge is 0.374 e. The van der Waals surface area contributed by atoms with Gasteiger partial charge in [0.15, 0.2) is 0 Å². The lowest BCUT2D eigenvalue weighted by Gasteiger charge is -2.26. The number of hydrogen-bond donors (Lipinski definition) is 0.